The molecule has 3 atom stereocenters. The van der Waals surface area contributed by atoms with Gasteiger partial charge in [0.25, 0.3) is 0 Å². The fourth-order valence-electron chi connectivity index (χ4n) is 5.13. The van der Waals surface area contributed by atoms with Gasteiger partial charge in [0, 0.05) is 0 Å². The van der Waals surface area contributed by atoms with Crippen LogP contribution >= 0.6 is 0 Å². The first-order valence-electron chi connectivity index (χ1n) is 8.20. The zero-order valence-electron chi connectivity index (χ0n) is 14.8. The van der Waals surface area contributed by atoms with Crippen molar-refractivity contribution < 1.29 is 14.7 Å². The van der Waals surface area contributed by atoms with Crippen molar-refractivity contribution in [2.45, 2.75) is 52.2 Å². The van der Waals surface area contributed by atoms with E-state index >= 15 is 0 Å². The molecule has 0 aromatic heterocycles. The molecule has 1 heterocycles. The molecule has 1 amide bonds. The molecule has 1 aliphatic carbocycles. The van der Waals surface area contributed by atoms with Gasteiger partial charge in [-0.1, -0.05) is 32.0 Å². The number of hydrogen-bond donors (Lipinski definition) is 2. The van der Waals surface area contributed by atoms with Crippen molar-refractivity contribution in [3.05, 3.63) is 30.3 Å². The van der Waals surface area contributed by atoms with Gasteiger partial charge >= 0.3 is 0 Å². The third kappa shape index (κ3) is 1.66. The Labute approximate surface area is 142 Å². The van der Waals surface area contributed by atoms with Crippen LogP contribution in [-0.2, 0) is 9.59 Å². The van der Waals surface area contributed by atoms with E-state index in [9.17, 15) is 14.7 Å². The topological polar surface area (TPSA) is 78.8 Å². The summed E-state index contributed by atoms with van der Waals surface area (Å²) < 4.78 is 0. The van der Waals surface area contributed by atoms with E-state index in [-0.39, 0.29) is 11.7 Å². The lowest BCUT2D eigenvalue weighted by Crippen LogP contribution is -2.69. The highest BCUT2D eigenvalue weighted by molar-refractivity contribution is 6.13. The van der Waals surface area contributed by atoms with Crippen LogP contribution in [0, 0.1) is 10.8 Å². The molecule has 5 nitrogen and oxygen atoms in total. The zero-order chi connectivity index (χ0) is 18.0. The summed E-state index contributed by atoms with van der Waals surface area (Å²) in [6.45, 7) is 8.69. The molecule has 128 valence electrons. The predicted molar refractivity (Wildman–Crippen MR) is 92.2 cm³/mol. The van der Waals surface area contributed by atoms with Crippen molar-refractivity contribution >= 4 is 23.1 Å². The van der Waals surface area contributed by atoms with Crippen LogP contribution in [-0.4, -0.2) is 33.6 Å². The lowest BCUT2D eigenvalue weighted by atomic mass is 9.65. The average molecular weight is 328 g/mol. The first kappa shape index (κ1) is 16.8. The minimum Gasteiger partial charge on any atom is -0.380 e. The van der Waals surface area contributed by atoms with Crippen molar-refractivity contribution in [1.29, 1.82) is 0 Å². The number of ketones is 1. The summed E-state index contributed by atoms with van der Waals surface area (Å²) in [5, 5.41) is 14.6. The molecule has 1 aromatic carbocycles. The second-order valence-corrected chi connectivity index (χ2v) is 7.90. The highest BCUT2D eigenvalue weighted by Gasteiger charge is 2.83. The molecule has 1 aliphatic heterocycles. The van der Waals surface area contributed by atoms with Crippen molar-refractivity contribution in [2.75, 3.05) is 0 Å². The quantitative estimate of drug-likeness (QED) is 0.836. The van der Waals surface area contributed by atoms with E-state index in [0.717, 1.165) is 0 Å². The van der Waals surface area contributed by atoms with E-state index < -0.39 is 22.0 Å². The summed E-state index contributed by atoms with van der Waals surface area (Å²) in [7, 11) is 0. The first-order valence-corrected chi connectivity index (χ1v) is 8.20. The number of rotatable bonds is 3. The van der Waals surface area contributed by atoms with Gasteiger partial charge in [0.2, 0.25) is 5.91 Å². The van der Waals surface area contributed by atoms with E-state index in [0.29, 0.717) is 17.8 Å². The summed E-state index contributed by atoms with van der Waals surface area (Å²) in [6.07, 6.45) is 0.420. The normalized spacial score (nSPS) is 37.4. The second-order valence-electron chi connectivity index (χ2n) is 7.90. The monoisotopic (exact) mass is 328 g/mol. The summed E-state index contributed by atoms with van der Waals surface area (Å²) in [4.78, 5) is 29.9. The number of carbonyl (C=O) groups excluding carboxylic acids is 2. The third-order valence-electron chi connectivity index (χ3n) is 6.06. The Morgan fingerprint density at radius 2 is 1.75 bits per heavy atom. The molecular weight excluding hydrogens is 304 g/mol. The molecule has 3 rings (SSSR count). The second kappa shape index (κ2) is 4.76. The van der Waals surface area contributed by atoms with Crippen LogP contribution in [0.2, 0.25) is 0 Å². The molecule has 3 unspecified atom stereocenters. The van der Waals surface area contributed by atoms with Crippen LogP contribution in [0.4, 0.5) is 5.69 Å². The summed E-state index contributed by atoms with van der Waals surface area (Å²) in [6, 6.07) is 9.25. The minimum atomic E-state index is -1.66. The maximum atomic E-state index is 12.7. The molecule has 1 saturated carbocycles. The van der Waals surface area contributed by atoms with E-state index in [1.54, 1.807) is 13.8 Å². The van der Waals surface area contributed by atoms with Gasteiger partial charge in [-0.3, -0.25) is 14.6 Å². The Bertz CT molecular complexity index is 755. The Hall–Kier alpha value is -2.01. The van der Waals surface area contributed by atoms with Crippen LogP contribution < -0.4 is 5.32 Å². The zero-order valence-corrected chi connectivity index (χ0v) is 14.8. The van der Waals surface area contributed by atoms with Gasteiger partial charge in [-0.05, 0) is 44.7 Å². The van der Waals surface area contributed by atoms with Crippen LogP contribution in [0.1, 0.15) is 41.0 Å². The van der Waals surface area contributed by atoms with Gasteiger partial charge < -0.3 is 10.4 Å². The number of amides is 1. The molecule has 5 heteroatoms. The van der Waals surface area contributed by atoms with Crippen molar-refractivity contribution in [1.82, 2.24) is 5.32 Å². The number of hydrogen-bond acceptors (Lipinski definition) is 4. The molecule has 24 heavy (non-hydrogen) atoms. The molecule has 1 aromatic rings. The fraction of sp³-hybridized carbons (Fsp3) is 0.526. The lowest BCUT2D eigenvalue weighted by Gasteiger charge is -2.45. The molecule has 2 aliphatic rings. The number of aliphatic imine (C=N–C) groups is 1. The Morgan fingerprint density at radius 1 is 1.17 bits per heavy atom. The van der Waals surface area contributed by atoms with Gasteiger partial charge in [-0.2, -0.15) is 0 Å². The number of benzene rings is 1. The van der Waals surface area contributed by atoms with E-state index in [1.165, 1.54) is 6.92 Å². The average Bonchev–Trinajstić information content (AvgIpc) is 2.76. The number of carbonyl (C=O) groups is 2. The van der Waals surface area contributed by atoms with Crippen molar-refractivity contribution in [2.24, 2.45) is 15.8 Å². The van der Waals surface area contributed by atoms with E-state index in [2.05, 4.69) is 10.3 Å². The van der Waals surface area contributed by atoms with Crippen LogP contribution in [0.5, 0.6) is 0 Å². The van der Waals surface area contributed by atoms with Gasteiger partial charge in [-0.15, -0.1) is 0 Å². The standard InChI is InChI=1S/C19H24N2O3/c1-12(20-14-9-7-6-8-10-14)19(24)17(5)11-16(3,4)18(19,13(2)22)21-15(17)23/h6-10,24H,11H2,1-5H3,(H,21,23). The maximum absolute atomic E-state index is 12.7. The molecule has 0 radical (unpaired) electrons. The highest BCUT2D eigenvalue weighted by atomic mass is 16.3. The minimum absolute atomic E-state index is 0.243. The number of para-hydroxylation sites is 1. The molecule has 0 spiro atoms. The third-order valence-corrected chi connectivity index (χ3v) is 6.06. The SMILES string of the molecule is CC(=O)C12NC(=O)C(C)(CC1(C)C)C2(O)C(C)=Nc1ccccc1. The summed E-state index contributed by atoms with van der Waals surface area (Å²) in [5.41, 5.74) is -3.64. The molecule has 2 fully saturated rings. The van der Waals surface area contributed by atoms with Crippen LogP contribution in [0.3, 0.4) is 0 Å². The molecule has 2 N–H and O–H groups in total. The van der Waals surface area contributed by atoms with Gasteiger partial charge in [0.1, 0.15) is 11.1 Å². The number of piperidine rings is 1. The van der Waals surface area contributed by atoms with E-state index in [4.69, 9.17) is 0 Å². The summed E-state index contributed by atoms with van der Waals surface area (Å²) >= 11 is 0. The number of Topliss-reactive ketones (excluding diaryl/α,β-unsaturated/α-hetero) is 1. The molecular formula is C19H24N2O3. The Morgan fingerprint density at radius 3 is 2.29 bits per heavy atom. The smallest absolute Gasteiger partial charge is 0.230 e. The van der Waals surface area contributed by atoms with Crippen LogP contribution in [0.15, 0.2) is 35.3 Å². The first-order chi connectivity index (χ1) is 11.0. The van der Waals surface area contributed by atoms with Crippen LogP contribution in [0.25, 0.3) is 0 Å². The van der Waals surface area contributed by atoms with Gasteiger partial charge in [-0.25, -0.2) is 0 Å². The van der Waals surface area contributed by atoms with Gasteiger partial charge in [0.05, 0.1) is 16.8 Å². The van der Waals surface area contributed by atoms with Gasteiger partial charge in [0.15, 0.2) is 5.78 Å². The highest BCUT2D eigenvalue weighted by Crippen LogP contribution is 2.66. The lowest BCUT2D eigenvalue weighted by molar-refractivity contribution is -0.137. The van der Waals surface area contributed by atoms with Crippen molar-refractivity contribution in [3.8, 4) is 0 Å². The number of nitrogens with zero attached hydrogens (tertiary/aromatic N) is 1. The number of aliphatic hydroxyl groups is 1. The predicted octanol–water partition coefficient (Wildman–Crippen LogP) is 2.40. The Balaban J connectivity index is 2.26. The fourth-order valence-corrected chi connectivity index (χ4v) is 5.13. The summed E-state index contributed by atoms with van der Waals surface area (Å²) in [5.74, 6) is -0.533. The molecule has 2 bridgehead atoms. The molecule has 1 saturated heterocycles. The van der Waals surface area contributed by atoms with E-state index in [1.807, 2.05) is 44.2 Å². The van der Waals surface area contributed by atoms with Crippen molar-refractivity contribution in [3.63, 3.8) is 0 Å². The Kier molecular flexibility index (Phi) is 3.34. The largest absolute Gasteiger partial charge is 0.380 e. The number of nitrogens with one attached hydrogen (secondary N) is 1. The number of fused-ring (bicyclic) bond motifs is 2. The maximum Gasteiger partial charge on any atom is 0.230 e.